The summed E-state index contributed by atoms with van der Waals surface area (Å²) in [7, 11) is 0. The third kappa shape index (κ3) is 4.68. The van der Waals surface area contributed by atoms with E-state index in [1.165, 1.54) is 12.4 Å². The molecule has 1 aromatic heterocycles. The highest BCUT2D eigenvalue weighted by atomic mass is 35.5. The van der Waals surface area contributed by atoms with Gasteiger partial charge in [0.05, 0.1) is 16.3 Å². The Balaban J connectivity index is 1.78. The summed E-state index contributed by atoms with van der Waals surface area (Å²) in [6.07, 6.45) is -1.19. The van der Waals surface area contributed by atoms with Crippen molar-refractivity contribution in [3.63, 3.8) is 0 Å². The molecule has 0 unspecified atom stereocenters. The zero-order chi connectivity index (χ0) is 19.6. The molecule has 1 aliphatic rings. The van der Waals surface area contributed by atoms with Gasteiger partial charge in [-0.25, -0.2) is 9.97 Å². The van der Waals surface area contributed by atoms with Crippen molar-refractivity contribution < 1.29 is 18.0 Å². The summed E-state index contributed by atoms with van der Waals surface area (Å²) in [5.74, 6) is 0.622. The van der Waals surface area contributed by atoms with Crippen molar-refractivity contribution in [3.05, 3.63) is 46.9 Å². The monoisotopic (exact) mass is 398 g/mol. The van der Waals surface area contributed by atoms with E-state index in [0.29, 0.717) is 11.7 Å². The number of carbonyl (C=O) groups excluding carboxylic acids is 1. The number of benzene rings is 1. The molecule has 5 nitrogen and oxygen atoms in total. The second-order valence-corrected chi connectivity index (χ2v) is 6.98. The molecule has 1 amide bonds. The first-order valence-corrected chi connectivity index (χ1v) is 8.87. The van der Waals surface area contributed by atoms with Gasteiger partial charge in [-0.2, -0.15) is 13.2 Å². The largest absolute Gasteiger partial charge is 0.416 e. The Kier molecular flexibility index (Phi) is 5.55. The smallest absolute Gasteiger partial charge is 0.356 e. The molecule has 9 heteroatoms. The first kappa shape index (κ1) is 19.4. The van der Waals surface area contributed by atoms with Gasteiger partial charge in [0.2, 0.25) is 0 Å². The van der Waals surface area contributed by atoms with Gasteiger partial charge in [0.15, 0.2) is 0 Å². The van der Waals surface area contributed by atoms with Gasteiger partial charge in [0, 0.05) is 19.2 Å². The Labute approximate surface area is 159 Å². The minimum Gasteiger partial charge on any atom is -0.356 e. The van der Waals surface area contributed by atoms with Gasteiger partial charge < -0.3 is 10.2 Å². The van der Waals surface area contributed by atoms with Crippen molar-refractivity contribution in [3.8, 4) is 0 Å². The van der Waals surface area contributed by atoms with Crippen LogP contribution in [-0.4, -0.2) is 29.0 Å². The maximum absolute atomic E-state index is 12.9. The van der Waals surface area contributed by atoms with Crippen LogP contribution in [0.15, 0.2) is 30.6 Å². The van der Waals surface area contributed by atoms with Gasteiger partial charge in [-0.05, 0) is 37.0 Å². The van der Waals surface area contributed by atoms with Crippen LogP contribution >= 0.6 is 11.6 Å². The number of hydrogen-bond donors (Lipinski definition) is 1. The van der Waals surface area contributed by atoms with Gasteiger partial charge in [-0.15, -0.1) is 0 Å². The van der Waals surface area contributed by atoms with Crippen molar-refractivity contribution in [2.24, 2.45) is 5.92 Å². The highest BCUT2D eigenvalue weighted by Crippen LogP contribution is 2.34. The van der Waals surface area contributed by atoms with E-state index in [1.807, 2.05) is 0 Å². The summed E-state index contributed by atoms with van der Waals surface area (Å²) in [5, 5.41) is 2.41. The van der Waals surface area contributed by atoms with E-state index in [9.17, 15) is 18.0 Å². The predicted octanol–water partition coefficient (Wildman–Crippen LogP) is 4.64. The van der Waals surface area contributed by atoms with E-state index in [1.54, 1.807) is 0 Å². The molecule has 27 heavy (non-hydrogen) atoms. The second-order valence-electron chi connectivity index (χ2n) is 6.58. The number of amides is 1. The van der Waals surface area contributed by atoms with Crippen LogP contribution in [0.5, 0.6) is 0 Å². The molecule has 0 saturated carbocycles. The quantitative estimate of drug-likeness (QED) is 0.818. The number of piperidine rings is 1. The van der Waals surface area contributed by atoms with E-state index >= 15 is 0 Å². The first-order valence-electron chi connectivity index (χ1n) is 8.49. The van der Waals surface area contributed by atoms with E-state index in [0.717, 1.165) is 44.1 Å². The van der Waals surface area contributed by atoms with Crippen LogP contribution < -0.4 is 10.2 Å². The summed E-state index contributed by atoms with van der Waals surface area (Å²) in [6, 6.07) is 4.29. The average Bonchev–Trinajstić information content (AvgIpc) is 2.63. The van der Waals surface area contributed by atoms with Crippen LogP contribution in [0.2, 0.25) is 5.02 Å². The molecule has 0 radical (unpaired) electrons. The number of nitrogens with one attached hydrogen (secondary N) is 1. The van der Waals surface area contributed by atoms with E-state index in [4.69, 9.17) is 11.6 Å². The van der Waals surface area contributed by atoms with Crippen molar-refractivity contribution in [2.75, 3.05) is 23.3 Å². The lowest BCUT2D eigenvalue weighted by Gasteiger charge is -2.31. The lowest BCUT2D eigenvalue weighted by Crippen LogP contribution is -2.33. The third-order valence-electron chi connectivity index (χ3n) is 4.53. The Morgan fingerprint density at radius 3 is 2.59 bits per heavy atom. The molecule has 2 heterocycles. The Hall–Kier alpha value is -2.35. The SMILES string of the molecule is CC1CCN(c2cc(C(=O)Nc3cc(C(F)(F)F)ccc3Cl)ncn2)CC1. The highest BCUT2D eigenvalue weighted by Gasteiger charge is 2.31. The minimum absolute atomic E-state index is 0.00986. The lowest BCUT2D eigenvalue weighted by molar-refractivity contribution is -0.137. The van der Waals surface area contributed by atoms with Crippen LogP contribution in [0.4, 0.5) is 24.7 Å². The van der Waals surface area contributed by atoms with Gasteiger partial charge >= 0.3 is 6.18 Å². The molecule has 1 aromatic carbocycles. The zero-order valence-electron chi connectivity index (χ0n) is 14.6. The fourth-order valence-corrected chi connectivity index (χ4v) is 3.03. The molecular weight excluding hydrogens is 381 g/mol. The molecule has 1 N–H and O–H groups in total. The minimum atomic E-state index is -4.53. The van der Waals surface area contributed by atoms with Gasteiger partial charge in [-0.1, -0.05) is 18.5 Å². The number of carbonyl (C=O) groups is 1. The van der Waals surface area contributed by atoms with Crippen molar-refractivity contribution >= 4 is 29.0 Å². The molecule has 1 aliphatic heterocycles. The third-order valence-corrected chi connectivity index (χ3v) is 4.86. The van der Waals surface area contributed by atoms with Crippen molar-refractivity contribution in [1.29, 1.82) is 0 Å². The predicted molar refractivity (Wildman–Crippen MR) is 97.1 cm³/mol. The van der Waals surface area contributed by atoms with Crippen molar-refractivity contribution in [1.82, 2.24) is 9.97 Å². The van der Waals surface area contributed by atoms with E-state index in [2.05, 4.69) is 27.1 Å². The van der Waals surface area contributed by atoms with Gasteiger partial charge in [0.25, 0.3) is 5.91 Å². The number of hydrogen-bond acceptors (Lipinski definition) is 4. The average molecular weight is 399 g/mol. The summed E-state index contributed by atoms with van der Waals surface area (Å²) in [6.45, 7) is 3.85. The Morgan fingerprint density at radius 2 is 1.93 bits per heavy atom. The summed E-state index contributed by atoms with van der Waals surface area (Å²) in [4.78, 5) is 22.7. The normalized spacial score (nSPS) is 15.7. The Bertz CT molecular complexity index is 836. The fourth-order valence-electron chi connectivity index (χ4n) is 2.87. The number of nitrogens with zero attached hydrogens (tertiary/aromatic N) is 3. The fraction of sp³-hybridized carbons (Fsp3) is 0.389. The summed E-state index contributed by atoms with van der Waals surface area (Å²) < 4.78 is 38.6. The van der Waals surface area contributed by atoms with Crippen LogP contribution in [0, 0.1) is 5.92 Å². The standard InChI is InChI=1S/C18H18ClF3N4O/c1-11-4-6-26(7-5-11)16-9-15(23-10-24-16)17(27)25-14-8-12(18(20,21)22)2-3-13(14)19/h2-3,8-11H,4-7H2,1H3,(H,25,27). The number of aromatic nitrogens is 2. The van der Waals surface area contributed by atoms with E-state index in [-0.39, 0.29) is 16.4 Å². The maximum Gasteiger partial charge on any atom is 0.416 e. The van der Waals surface area contributed by atoms with Crippen LogP contribution in [0.25, 0.3) is 0 Å². The maximum atomic E-state index is 12.9. The first-order chi connectivity index (χ1) is 12.7. The molecule has 0 bridgehead atoms. The van der Waals surface area contributed by atoms with Crippen molar-refractivity contribution in [2.45, 2.75) is 25.9 Å². The summed E-state index contributed by atoms with van der Waals surface area (Å²) >= 11 is 5.92. The number of alkyl halides is 3. The number of halogens is 4. The van der Waals surface area contributed by atoms with Crippen LogP contribution in [0.1, 0.15) is 35.8 Å². The molecule has 3 rings (SSSR count). The molecule has 0 aliphatic carbocycles. The van der Waals surface area contributed by atoms with Gasteiger partial charge in [-0.3, -0.25) is 4.79 Å². The molecule has 0 spiro atoms. The summed E-state index contributed by atoms with van der Waals surface area (Å²) in [5.41, 5.74) is -0.955. The number of anilines is 2. The molecule has 1 saturated heterocycles. The molecular formula is C18H18ClF3N4O. The molecule has 1 fully saturated rings. The van der Waals surface area contributed by atoms with E-state index < -0.39 is 17.6 Å². The number of rotatable bonds is 3. The zero-order valence-corrected chi connectivity index (χ0v) is 15.3. The molecule has 144 valence electrons. The lowest BCUT2D eigenvalue weighted by atomic mass is 9.99. The molecule has 2 aromatic rings. The van der Waals surface area contributed by atoms with Crippen LogP contribution in [0.3, 0.4) is 0 Å². The van der Waals surface area contributed by atoms with Crippen LogP contribution in [-0.2, 0) is 6.18 Å². The topological polar surface area (TPSA) is 58.1 Å². The molecule has 0 atom stereocenters. The highest BCUT2D eigenvalue weighted by molar-refractivity contribution is 6.33. The Morgan fingerprint density at radius 1 is 1.22 bits per heavy atom. The van der Waals surface area contributed by atoms with Gasteiger partial charge in [0.1, 0.15) is 17.8 Å². The second kappa shape index (κ2) is 7.72.